The van der Waals surface area contributed by atoms with Crippen LogP contribution in [0.4, 0.5) is 5.95 Å². The molecule has 0 spiro atoms. The van der Waals surface area contributed by atoms with E-state index in [0.717, 1.165) is 72.4 Å². The largest absolute Gasteiger partial charge is 0.361 e. The second kappa shape index (κ2) is 7.57. The molecule has 5 rings (SSSR count). The molecule has 1 fully saturated rings. The van der Waals surface area contributed by atoms with Gasteiger partial charge in [0.15, 0.2) is 5.65 Å². The summed E-state index contributed by atoms with van der Waals surface area (Å²) < 4.78 is 7.68. The fourth-order valence-corrected chi connectivity index (χ4v) is 4.20. The number of benzene rings is 1. The Kier molecular flexibility index (Phi) is 4.75. The summed E-state index contributed by atoms with van der Waals surface area (Å²) >= 11 is 0. The molecule has 0 N–H and O–H groups in total. The van der Waals surface area contributed by atoms with Crippen molar-refractivity contribution in [2.24, 2.45) is 0 Å². The Bertz CT molecular complexity index is 1150. The fourth-order valence-electron chi connectivity index (χ4n) is 4.20. The van der Waals surface area contributed by atoms with Crippen molar-refractivity contribution < 1.29 is 4.52 Å². The van der Waals surface area contributed by atoms with Gasteiger partial charge >= 0.3 is 0 Å². The van der Waals surface area contributed by atoms with E-state index < -0.39 is 0 Å². The molecule has 7 nitrogen and oxygen atoms in total. The predicted molar refractivity (Wildman–Crippen MR) is 118 cm³/mol. The van der Waals surface area contributed by atoms with Crippen LogP contribution in [0, 0.1) is 13.8 Å². The second-order valence-corrected chi connectivity index (χ2v) is 8.04. The maximum absolute atomic E-state index is 5.39. The van der Waals surface area contributed by atoms with Gasteiger partial charge in [0, 0.05) is 43.5 Å². The van der Waals surface area contributed by atoms with E-state index in [-0.39, 0.29) is 0 Å². The number of pyridine rings is 1. The third-order valence-electron chi connectivity index (χ3n) is 5.88. The van der Waals surface area contributed by atoms with Gasteiger partial charge in [0.1, 0.15) is 5.76 Å². The van der Waals surface area contributed by atoms with E-state index in [9.17, 15) is 0 Å². The SMILES string of the molecule is Cc1noc(C)c1-c1cnc2nc(N3CCN(C)CC3)n(Cc3ccccc3)c2c1. The molecule has 0 bridgehead atoms. The molecule has 1 aliphatic heterocycles. The van der Waals surface area contributed by atoms with Crippen molar-refractivity contribution in [2.75, 3.05) is 38.1 Å². The van der Waals surface area contributed by atoms with Gasteiger partial charge in [0.25, 0.3) is 0 Å². The molecule has 0 radical (unpaired) electrons. The molecule has 1 aromatic carbocycles. The lowest BCUT2D eigenvalue weighted by Gasteiger charge is -2.33. The van der Waals surface area contributed by atoms with Crippen LogP contribution in [0.5, 0.6) is 0 Å². The van der Waals surface area contributed by atoms with Crippen molar-refractivity contribution in [3.8, 4) is 11.1 Å². The molecule has 7 heteroatoms. The molecule has 0 saturated carbocycles. The third kappa shape index (κ3) is 3.35. The minimum atomic E-state index is 0.756. The van der Waals surface area contributed by atoms with Crippen molar-refractivity contribution in [3.05, 3.63) is 59.6 Å². The molecule has 0 aliphatic carbocycles. The highest BCUT2D eigenvalue weighted by Crippen LogP contribution is 2.31. The average Bonchev–Trinajstić information content (AvgIpc) is 3.28. The van der Waals surface area contributed by atoms with Gasteiger partial charge in [-0.05, 0) is 32.5 Å². The highest BCUT2D eigenvalue weighted by atomic mass is 16.5. The predicted octanol–water partition coefficient (Wildman–Crippen LogP) is 3.50. The molecule has 1 saturated heterocycles. The zero-order valence-corrected chi connectivity index (χ0v) is 17.7. The van der Waals surface area contributed by atoms with Gasteiger partial charge in [-0.2, -0.15) is 4.98 Å². The first-order valence-electron chi connectivity index (χ1n) is 10.4. The van der Waals surface area contributed by atoms with Crippen molar-refractivity contribution in [2.45, 2.75) is 20.4 Å². The monoisotopic (exact) mass is 402 g/mol. The lowest BCUT2D eigenvalue weighted by atomic mass is 10.1. The number of aryl methyl sites for hydroxylation is 2. The smallest absolute Gasteiger partial charge is 0.208 e. The van der Waals surface area contributed by atoms with E-state index >= 15 is 0 Å². The Morgan fingerprint density at radius 3 is 2.50 bits per heavy atom. The Morgan fingerprint density at radius 2 is 1.80 bits per heavy atom. The third-order valence-corrected chi connectivity index (χ3v) is 5.88. The van der Waals surface area contributed by atoms with Crippen LogP contribution in [0.3, 0.4) is 0 Å². The summed E-state index contributed by atoms with van der Waals surface area (Å²) in [5, 5.41) is 4.11. The second-order valence-electron chi connectivity index (χ2n) is 8.04. The van der Waals surface area contributed by atoms with Gasteiger partial charge in [-0.15, -0.1) is 0 Å². The van der Waals surface area contributed by atoms with Gasteiger partial charge in [-0.25, -0.2) is 4.98 Å². The topological polar surface area (TPSA) is 63.2 Å². The molecule has 154 valence electrons. The Balaban J connectivity index is 1.64. The highest BCUT2D eigenvalue weighted by molar-refractivity contribution is 5.82. The number of piperazine rings is 1. The Labute approximate surface area is 175 Å². The minimum absolute atomic E-state index is 0.756. The highest BCUT2D eigenvalue weighted by Gasteiger charge is 2.23. The van der Waals surface area contributed by atoms with Crippen LogP contribution in [-0.4, -0.2) is 57.8 Å². The first-order chi connectivity index (χ1) is 14.6. The number of aromatic nitrogens is 4. The van der Waals surface area contributed by atoms with E-state index in [4.69, 9.17) is 14.5 Å². The van der Waals surface area contributed by atoms with Crippen molar-refractivity contribution in [1.82, 2.24) is 24.6 Å². The van der Waals surface area contributed by atoms with Crippen LogP contribution >= 0.6 is 0 Å². The number of anilines is 1. The van der Waals surface area contributed by atoms with E-state index in [1.54, 1.807) is 0 Å². The van der Waals surface area contributed by atoms with E-state index in [2.05, 4.69) is 56.9 Å². The molecule has 0 atom stereocenters. The van der Waals surface area contributed by atoms with Gasteiger partial charge in [-0.1, -0.05) is 35.5 Å². The zero-order valence-electron chi connectivity index (χ0n) is 17.7. The lowest BCUT2D eigenvalue weighted by molar-refractivity contribution is 0.310. The normalized spacial score (nSPS) is 15.2. The average molecular weight is 403 g/mol. The minimum Gasteiger partial charge on any atom is -0.361 e. The van der Waals surface area contributed by atoms with Crippen molar-refractivity contribution in [1.29, 1.82) is 0 Å². The van der Waals surface area contributed by atoms with E-state index in [1.807, 2.05) is 26.1 Å². The summed E-state index contributed by atoms with van der Waals surface area (Å²) in [6.45, 7) is 8.66. The standard InChI is InChI=1S/C23H26N6O/c1-16-21(17(2)30-26-16)19-13-20-22(24-14-19)25-23(28-11-9-27(3)10-12-28)29(20)15-18-7-5-4-6-8-18/h4-8,13-14H,9-12,15H2,1-3H3. The molecule has 3 aromatic heterocycles. The van der Waals surface area contributed by atoms with Crippen LogP contribution < -0.4 is 4.90 Å². The summed E-state index contributed by atoms with van der Waals surface area (Å²) in [4.78, 5) is 14.4. The maximum atomic E-state index is 5.39. The molecule has 4 heterocycles. The molecule has 4 aromatic rings. The zero-order chi connectivity index (χ0) is 20.7. The Morgan fingerprint density at radius 1 is 1.03 bits per heavy atom. The van der Waals surface area contributed by atoms with Crippen LogP contribution in [0.15, 0.2) is 47.1 Å². The van der Waals surface area contributed by atoms with Gasteiger partial charge < -0.3 is 18.9 Å². The number of imidazole rings is 1. The summed E-state index contributed by atoms with van der Waals surface area (Å²) in [7, 11) is 2.17. The van der Waals surface area contributed by atoms with E-state index in [1.165, 1.54) is 5.56 Å². The number of hydrogen-bond acceptors (Lipinski definition) is 6. The van der Waals surface area contributed by atoms with Crippen LogP contribution in [-0.2, 0) is 6.54 Å². The maximum Gasteiger partial charge on any atom is 0.208 e. The lowest BCUT2D eigenvalue weighted by Crippen LogP contribution is -2.45. The van der Waals surface area contributed by atoms with Crippen LogP contribution in [0.1, 0.15) is 17.0 Å². The molecular formula is C23H26N6O. The molecule has 0 unspecified atom stereocenters. The number of likely N-dealkylation sites (N-methyl/N-ethyl adjacent to an activating group) is 1. The molecule has 1 aliphatic rings. The number of nitrogens with zero attached hydrogens (tertiary/aromatic N) is 6. The number of rotatable bonds is 4. The Hall–Kier alpha value is -3.19. The fraction of sp³-hybridized carbons (Fsp3) is 0.348. The summed E-state index contributed by atoms with van der Waals surface area (Å²) in [6, 6.07) is 12.7. The number of hydrogen-bond donors (Lipinski definition) is 0. The van der Waals surface area contributed by atoms with Gasteiger partial charge in [0.2, 0.25) is 5.95 Å². The first kappa shape index (κ1) is 18.8. The molecule has 0 amide bonds. The summed E-state index contributed by atoms with van der Waals surface area (Å²) in [5.41, 5.74) is 5.95. The van der Waals surface area contributed by atoms with Crippen LogP contribution in [0.2, 0.25) is 0 Å². The summed E-state index contributed by atoms with van der Waals surface area (Å²) in [6.07, 6.45) is 1.88. The molecule has 30 heavy (non-hydrogen) atoms. The first-order valence-corrected chi connectivity index (χ1v) is 10.4. The van der Waals surface area contributed by atoms with Crippen molar-refractivity contribution in [3.63, 3.8) is 0 Å². The van der Waals surface area contributed by atoms with E-state index in [0.29, 0.717) is 0 Å². The quantitative estimate of drug-likeness (QED) is 0.521. The summed E-state index contributed by atoms with van der Waals surface area (Å²) in [5.74, 6) is 1.80. The van der Waals surface area contributed by atoms with Crippen LogP contribution in [0.25, 0.3) is 22.3 Å². The van der Waals surface area contributed by atoms with Gasteiger partial charge in [0.05, 0.1) is 17.8 Å². The van der Waals surface area contributed by atoms with Crippen molar-refractivity contribution >= 4 is 17.1 Å². The molecular weight excluding hydrogens is 376 g/mol. The number of fused-ring (bicyclic) bond motifs is 1. The van der Waals surface area contributed by atoms with Gasteiger partial charge in [-0.3, -0.25) is 0 Å².